The third kappa shape index (κ3) is 4.03. The van der Waals surface area contributed by atoms with Crippen molar-refractivity contribution in [2.24, 2.45) is 5.73 Å². The minimum absolute atomic E-state index is 0.00767. The average Bonchev–Trinajstić information content (AvgIpc) is 2.94. The molecule has 2 aromatic rings. The molecular formula is C17H22ClN3OS. The van der Waals surface area contributed by atoms with Crippen molar-refractivity contribution in [2.45, 2.75) is 50.5 Å². The minimum atomic E-state index is -0.648. The highest BCUT2D eigenvalue weighted by molar-refractivity contribution is 7.18. The van der Waals surface area contributed by atoms with Gasteiger partial charge in [0.25, 0.3) is 0 Å². The molecule has 1 heterocycles. The fraction of sp³-hybridized carbons (Fsp3) is 0.529. The maximum absolute atomic E-state index is 12.2. The molecule has 1 saturated carbocycles. The summed E-state index contributed by atoms with van der Waals surface area (Å²) in [5.74, 6) is 0.00767. The quantitative estimate of drug-likeness (QED) is 0.808. The van der Waals surface area contributed by atoms with Crippen LogP contribution in [0.1, 0.15) is 43.5 Å². The summed E-state index contributed by atoms with van der Waals surface area (Å²) in [4.78, 5) is 16.8. The zero-order valence-corrected chi connectivity index (χ0v) is 14.7. The van der Waals surface area contributed by atoms with Gasteiger partial charge in [-0.05, 0) is 37.5 Å². The molecule has 23 heavy (non-hydrogen) atoms. The Morgan fingerprint density at radius 1 is 1.35 bits per heavy atom. The van der Waals surface area contributed by atoms with Crippen LogP contribution in [0, 0.1) is 0 Å². The van der Waals surface area contributed by atoms with E-state index in [1.165, 1.54) is 6.42 Å². The normalized spacial score (nSPS) is 17.3. The van der Waals surface area contributed by atoms with Crippen LogP contribution in [0.3, 0.4) is 0 Å². The van der Waals surface area contributed by atoms with Crippen LogP contribution in [0.25, 0.3) is 10.2 Å². The highest BCUT2D eigenvalue weighted by Crippen LogP contribution is 2.27. The molecule has 4 nitrogen and oxygen atoms in total. The first kappa shape index (κ1) is 16.7. The number of hydrogen-bond donors (Lipinski definition) is 2. The standard InChI is InChI=1S/C17H22ClN3OS/c18-12-6-7-13-14(11-12)23-15(21-13)5-4-10-20-16(22)17(19)8-2-1-3-9-17/h6-7,11H,1-5,8-10,19H2,(H,20,22). The number of hydrogen-bond acceptors (Lipinski definition) is 4. The molecule has 0 bridgehead atoms. The van der Waals surface area contributed by atoms with Crippen LogP contribution >= 0.6 is 22.9 Å². The Morgan fingerprint density at radius 2 is 2.13 bits per heavy atom. The molecule has 1 aromatic carbocycles. The lowest BCUT2D eigenvalue weighted by molar-refractivity contribution is -0.127. The lowest BCUT2D eigenvalue weighted by atomic mass is 9.82. The van der Waals surface area contributed by atoms with Gasteiger partial charge in [-0.1, -0.05) is 30.9 Å². The fourth-order valence-corrected chi connectivity index (χ4v) is 4.37. The zero-order chi connectivity index (χ0) is 16.3. The van der Waals surface area contributed by atoms with Crippen LogP contribution in [-0.2, 0) is 11.2 Å². The molecule has 0 radical (unpaired) electrons. The number of nitrogens with one attached hydrogen (secondary N) is 1. The number of rotatable bonds is 5. The van der Waals surface area contributed by atoms with Crippen LogP contribution < -0.4 is 11.1 Å². The Kier molecular flexibility index (Phi) is 5.19. The van der Waals surface area contributed by atoms with Crippen LogP contribution in [-0.4, -0.2) is 23.0 Å². The summed E-state index contributed by atoms with van der Waals surface area (Å²) in [6.45, 7) is 0.647. The van der Waals surface area contributed by atoms with Crippen molar-refractivity contribution in [2.75, 3.05) is 6.54 Å². The molecule has 3 rings (SSSR count). The average molecular weight is 352 g/mol. The third-order valence-corrected chi connectivity index (χ3v) is 5.76. The maximum Gasteiger partial charge on any atom is 0.240 e. The second-order valence-corrected chi connectivity index (χ2v) is 7.85. The number of nitrogens with two attached hydrogens (primary N) is 1. The lowest BCUT2D eigenvalue weighted by Crippen LogP contribution is -2.55. The van der Waals surface area contributed by atoms with Crippen LogP contribution in [0.4, 0.5) is 0 Å². The fourth-order valence-electron chi connectivity index (χ4n) is 3.08. The summed E-state index contributed by atoms with van der Waals surface area (Å²) in [6.07, 6.45) is 6.63. The molecule has 0 saturated heterocycles. The van der Waals surface area contributed by atoms with Crippen molar-refractivity contribution in [1.29, 1.82) is 0 Å². The molecular weight excluding hydrogens is 330 g/mol. The number of carbonyl (C=O) groups excluding carboxylic acids is 1. The maximum atomic E-state index is 12.2. The lowest BCUT2D eigenvalue weighted by Gasteiger charge is -2.31. The number of halogens is 1. The SMILES string of the molecule is NC1(C(=O)NCCCc2nc3ccc(Cl)cc3s2)CCCCC1. The number of amides is 1. The van der Waals surface area contributed by atoms with Crippen molar-refractivity contribution >= 4 is 39.1 Å². The van der Waals surface area contributed by atoms with Gasteiger partial charge in [-0.15, -0.1) is 11.3 Å². The van der Waals surface area contributed by atoms with E-state index in [1.54, 1.807) is 11.3 Å². The molecule has 1 aliphatic carbocycles. The molecule has 1 fully saturated rings. The Bertz CT molecular complexity index is 694. The summed E-state index contributed by atoms with van der Waals surface area (Å²) in [6, 6.07) is 5.75. The predicted molar refractivity (Wildman–Crippen MR) is 96.0 cm³/mol. The molecule has 124 valence electrons. The Morgan fingerprint density at radius 3 is 2.91 bits per heavy atom. The molecule has 0 unspecified atom stereocenters. The van der Waals surface area contributed by atoms with E-state index >= 15 is 0 Å². The van der Waals surface area contributed by atoms with E-state index in [0.29, 0.717) is 6.54 Å². The number of fused-ring (bicyclic) bond motifs is 1. The number of benzene rings is 1. The topological polar surface area (TPSA) is 68.0 Å². The van der Waals surface area contributed by atoms with Crippen molar-refractivity contribution in [3.8, 4) is 0 Å². The molecule has 1 amide bonds. The van der Waals surface area contributed by atoms with Gasteiger partial charge < -0.3 is 11.1 Å². The van der Waals surface area contributed by atoms with Gasteiger partial charge in [-0.3, -0.25) is 4.79 Å². The molecule has 6 heteroatoms. The summed E-state index contributed by atoms with van der Waals surface area (Å²) < 4.78 is 1.11. The van der Waals surface area contributed by atoms with E-state index < -0.39 is 5.54 Å². The van der Waals surface area contributed by atoms with Crippen molar-refractivity contribution in [3.05, 3.63) is 28.2 Å². The van der Waals surface area contributed by atoms with E-state index in [-0.39, 0.29) is 5.91 Å². The van der Waals surface area contributed by atoms with E-state index in [4.69, 9.17) is 17.3 Å². The number of thiazole rings is 1. The molecule has 3 N–H and O–H groups in total. The largest absolute Gasteiger partial charge is 0.354 e. The number of aromatic nitrogens is 1. The summed E-state index contributed by atoms with van der Waals surface area (Å²) in [7, 11) is 0. The molecule has 1 aromatic heterocycles. The van der Waals surface area contributed by atoms with Gasteiger partial charge in [0.15, 0.2) is 0 Å². The second-order valence-electron chi connectivity index (χ2n) is 6.30. The smallest absolute Gasteiger partial charge is 0.240 e. The van der Waals surface area contributed by atoms with Gasteiger partial charge in [-0.2, -0.15) is 0 Å². The predicted octanol–water partition coefficient (Wildman–Crippen LogP) is 3.66. The van der Waals surface area contributed by atoms with E-state index in [1.807, 2.05) is 18.2 Å². The van der Waals surface area contributed by atoms with Gasteiger partial charge in [-0.25, -0.2) is 4.98 Å². The third-order valence-electron chi connectivity index (χ3n) is 4.45. The van der Waals surface area contributed by atoms with E-state index in [0.717, 1.165) is 58.8 Å². The molecule has 0 spiro atoms. The Balaban J connectivity index is 1.48. The van der Waals surface area contributed by atoms with Gasteiger partial charge >= 0.3 is 0 Å². The highest BCUT2D eigenvalue weighted by Gasteiger charge is 2.34. The first-order valence-electron chi connectivity index (χ1n) is 8.19. The number of nitrogens with zero attached hydrogens (tertiary/aromatic N) is 1. The van der Waals surface area contributed by atoms with Crippen LogP contribution in [0.5, 0.6) is 0 Å². The monoisotopic (exact) mass is 351 g/mol. The first-order valence-corrected chi connectivity index (χ1v) is 9.38. The molecule has 1 aliphatic rings. The van der Waals surface area contributed by atoms with Crippen molar-refractivity contribution < 1.29 is 4.79 Å². The van der Waals surface area contributed by atoms with Crippen LogP contribution in [0.15, 0.2) is 18.2 Å². The van der Waals surface area contributed by atoms with Crippen molar-refractivity contribution in [1.82, 2.24) is 10.3 Å². The van der Waals surface area contributed by atoms with Gasteiger partial charge in [0, 0.05) is 18.0 Å². The first-order chi connectivity index (χ1) is 11.1. The van der Waals surface area contributed by atoms with E-state index in [9.17, 15) is 4.79 Å². The highest BCUT2D eigenvalue weighted by atomic mass is 35.5. The minimum Gasteiger partial charge on any atom is -0.354 e. The summed E-state index contributed by atoms with van der Waals surface area (Å²) >= 11 is 7.66. The van der Waals surface area contributed by atoms with Gasteiger partial charge in [0.2, 0.25) is 5.91 Å². The molecule has 0 aliphatic heterocycles. The zero-order valence-electron chi connectivity index (χ0n) is 13.1. The van der Waals surface area contributed by atoms with Gasteiger partial charge in [0.05, 0.1) is 20.8 Å². The van der Waals surface area contributed by atoms with Crippen LogP contribution in [0.2, 0.25) is 5.02 Å². The number of carbonyl (C=O) groups is 1. The summed E-state index contributed by atoms with van der Waals surface area (Å²) in [5, 5.41) is 4.81. The molecule has 0 atom stereocenters. The van der Waals surface area contributed by atoms with Crippen molar-refractivity contribution in [3.63, 3.8) is 0 Å². The summed E-state index contributed by atoms with van der Waals surface area (Å²) in [5.41, 5.74) is 6.57. The Hall–Kier alpha value is -1.17. The Labute approximate surface area is 145 Å². The second kappa shape index (κ2) is 7.16. The van der Waals surface area contributed by atoms with E-state index in [2.05, 4.69) is 10.3 Å². The number of aryl methyl sites for hydroxylation is 1. The van der Waals surface area contributed by atoms with Gasteiger partial charge in [0.1, 0.15) is 0 Å².